The minimum Gasteiger partial charge on any atom is -0.465 e. The summed E-state index contributed by atoms with van der Waals surface area (Å²) in [6, 6.07) is 17.0. The molecule has 3 aromatic rings. The Bertz CT molecular complexity index is 1350. The van der Waals surface area contributed by atoms with E-state index >= 15 is 0 Å². The van der Waals surface area contributed by atoms with Crippen LogP contribution in [-0.2, 0) is 16.1 Å². The van der Waals surface area contributed by atoms with Crippen molar-refractivity contribution in [3.8, 4) is 17.4 Å². The number of ether oxygens (including phenoxy) is 1. The van der Waals surface area contributed by atoms with Crippen LogP contribution in [0.5, 0.6) is 0 Å². The van der Waals surface area contributed by atoms with Crippen molar-refractivity contribution >= 4 is 46.6 Å². The number of hydrogen-bond donors (Lipinski definition) is 0. The van der Waals surface area contributed by atoms with Gasteiger partial charge in [0.05, 0.1) is 40.8 Å². The fraction of sp³-hybridized carbons (Fsp3) is 0.0833. The Labute approximate surface area is 198 Å². The summed E-state index contributed by atoms with van der Waals surface area (Å²) in [6.07, 6.45) is 1.49. The number of imide groups is 1. The fourth-order valence-corrected chi connectivity index (χ4v) is 4.25. The molecule has 1 aliphatic rings. The van der Waals surface area contributed by atoms with E-state index in [-0.39, 0.29) is 22.0 Å². The number of methoxy groups -OCH3 is 1. The Balaban J connectivity index is 1.56. The van der Waals surface area contributed by atoms with Gasteiger partial charge in [0.15, 0.2) is 0 Å². The number of thioether (sulfide) groups is 1. The highest BCUT2D eigenvalue weighted by Crippen LogP contribution is 2.35. The van der Waals surface area contributed by atoms with Crippen molar-refractivity contribution in [2.45, 2.75) is 6.54 Å². The summed E-state index contributed by atoms with van der Waals surface area (Å²) < 4.78 is 10.5. The molecule has 1 aliphatic heterocycles. The molecule has 2 amide bonds. The Kier molecular flexibility index (Phi) is 6.36. The fourth-order valence-electron chi connectivity index (χ4n) is 3.23. The van der Waals surface area contributed by atoms with Gasteiger partial charge in [-0.05, 0) is 53.7 Å². The molecule has 1 saturated heterocycles. The predicted molar refractivity (Wildman–Crippen MR) is 123 cm³/mol. The number of amides is 2. The third kappa shape index (κ3) is 4.55. The molecule has 1 aromatic heterocycles. The average molecular weight is 479 g/mol. The first-order valence-corrected chi connectivity index (χ1v) is 10.8. The molecule has 0 unspecified atom stereocenters. The van der Waals surface area contributed by atoms with Gasteiger partial charge >= 0.3 is 5.97 Å². The molecule has 7 nitrogen and oxygen atoms in total. The second-order valence-corrected chi connectivity index (χ2v) is 8.33. The summed E-state index contributed by atoms with van der Waals surface area (Å²) in [6.45, 7) is 0.0101. The zero-order valence-electron chi connectivity index (χ0n) is 17.2. The number of nitriles is 1. The maximum absolute atomic E-state index is 12.8. The molecule has 9 heteroatoms. The molecular weight excluding hydrogens is 464 g/mol. The van der Waals surface area contributed by atoms with Gasteiger partial charge in [-0.2, -0.15) is 5.26 Å². The number of nitrogens with zero attached hydrogens (tertiary/aromatic N) is 2. The molecule has 0 aliphatic carbocycles. The van der Waals surface area contributed by atoms with E-state index in [0.717, 1.165) is 16.7 Å². The molecular formula is C24H15ClN2O5S. The number of benzene rings is 2. The third-order valence-electron chi connectivity index (χ3n) is 4.90. The number of furan rings is 1. The van der Waals surface area contributed by atoms with Crippen LogP contribution in [0.25, 0.3) is 17.4 Å². The summed E-state index contributed by atoms with van der Waals surface area (Å²) in [5.41, 5.74) is 1.80. The Morgan fingerprint density at radius 1 is 1.21 bits per heavy atom. The molecule has 0 bridgehead atoms. The number of carbonyl (C=O) groups is 3. The second-order valence-electron chi connectivity index (χ2n) is 6.93. The van der Waals surface area contributed by atoms with E-state index in [1.807, 2.05) is 0 Å². The van der Waals surface area contributed by atoms with Crippen LogP contribution in [0.1, 0.15) is 27.2 Å². The van der Waals surface area contributed by atoms with Crippen LogP contribution in [0.4, 0.5) is 4.79 Å². The maximum Gasteiger partial charge on any atom is 0.339 e. The largest absolute Gasteiger partial charge is 0.465 e. The van der Waals surface area contributed by atoms with Crippen LogP contribution in [0, 0.1) is 11.3 Å². The van der Waals surface area contributed by atoms with E-state index in [1.54, 1.807) is 54.6 Å². The first-order chi connectivity index (χ1) is 15.9. The highest BCUT2D eigenvalue weighted by Gasteiger charge is 2.35. The lowest BCUT2D eigenvalue weighted by Gasteiger charge is -2.13. The van der Waals surface area contributed by atoms with Gasteiger partial charge < -0.3 is 9.15 Å². The molecule has 164 valence electrons. The van der Waals surface area contributed by atoms with Gasteiger partial charge in [-0.3, -0.25) is 14.5 Å². The van der Waals surface area contributed by atoms with Gasteiger partial charge in [-0.25, -0.2) is 4.79 Å². The van der Waals surface area contributed by atoms with Crippen molar-refractivity contribution in [2.24, 2.45) is 0 Å². The van der Waals surface area contributed by atoms with Crippen molar-refractivity contribution in [1.29, 1.82) is 5.26 Å². The van der Waals surface area contributed by atoms with E-state index in [9.17, 15) is 19.6 Å². The van der Waals surface area contributed by atoms with Crippen molar-refractivity contribution in [3.05, 3.63) is 87.0 Å². The van der Waals surface area contributed by atoms with E-state index in [4.69, 9.17) is 20.8 Å². The second kappa shape index (κ2) is 9.36. The number of rotatable bonds is 5. The summed E-state index contributed by atoms with van der Waals surface area (Å²) in [4.78, 5) is 38.4. The topological polar surface area (TPSA) is 101 Å². The Morgan fingerprint density at radius 2 is 2.00 bits per heavy atom. The third-order valence-corrected chi connectivity index (χ3v) is 6.13. The van der Waals surface area contributed by atoms with E-state index in [0.29, 0.717) is 28.2 Å². The lowest BCUT2D eigenvalue weighted by atomic mass is 10.1. The molecule has 0 spiro atoms. The molecule has 0 saturated carbocycles. The first kappa shape index (κ1) is 22.4. The van der Waals surface area contributed by atoms with Gasteiger partial charge in [-0.15, -0.1) is 0 Å². The minimum absolute atomic E-state index is 0.0101. The average Bonchev–Trinajstić information content (AvgIpc) is 3.39. The quantitative estimate of drug-likeness (QED) is 0.352. The number of carbonyl (C=O) groups excluding carboxylic acids is 3. The monoisotopic (exact) mass is 478 g/mol. The van der Waals surface area contributed by atoms with Gasteiger partial charge in [0.25, 0.3) is 11.1 Å². The zero-order chi connectivity index (χ0) is 23.5. The molecule has 2 heterocycles. The molecule has 0 atom stereocenters. The lowest BCUT2D eigenvalue weighted by Crippen LogP contribution is -2.27. The van der Waals surface area contributed by atoms with Crippen molar-refractivity contribution in [2.75, 3.05) is 7.11 Å². The molecule has 4 rings (SSSR count). The summed E-state index contributed by atoms with van der Waals surface area (Å²) >= 11 is 6.86. The van der Waals surface area contributed by atoms with E-state index < -0.39 is 17.1 Å². The van der Waals surface area contributed by atoms with Crippen LogP contribution >= 0.6 is 23.4 Å². The van der Waals surface area contributed by atoms with Gasteiger partial charge in [0, 0.05) is 11.6 Å². The summed E-state index contributed by atoms with van der Waals surface area (Å²) in [5.74, 6) is -0.219. The standard InChI is InChI=1S/C24H15ClN2O5S/c1-31-23(29)18-10-14(6-8-19(18)25)20-9-7-17(32-20)11-21-22(28)27(24(30)33-21)13-16-5-3-2-4-15(16)12-26/h2-11H,13H2,1H3/b21-11+. The van der Waals surface area contributed by atoms with E-state index in [1.165, 1.54) is 13.2 Å². The Hall–Kier alpha value is -3.80. The van der Waals surface area contributed by atoms with Gasteiger partial charge in [0.1, 0.15) is 11.5 Å². The Morgan fingerprint density at radius 3 is 2.76 bits per heavy atom. The first-order valence-electron chi connectivity index (χ1n) is 9.62. The van der Waals surface area contributed by atoms with Crippen LogP contribution in [0.3, 0.4) is 0 Å². The van der Waals surface area contributed by atoms with E-state index in [2.05, 4.69) is 6.07 Å². The van der Waals surface area contributed by atoms with Crippen molar-refractivity contribution in [1.82, 2.24) is 4.90 Å². The van der Waals surface area contributed by atoms with Gasteiger partial charge in [-0.1, -0.05) is 29.8 Å². The van der Waals surface area contributed by atoms with Gasteiger partial charge in [0.2, 0.25) is 0 Å². The predicted octanol–water partition coefficient (Wildman–Crippen LogP) is 5.49. The summed E-state index contributed by atoms with van der Waals surface area (Å²) in [5, 5.41) is 9.07. The van der Waals surface area contributed by atoms with Crippen molar-refractivity contribution < 1.29 is 23.5 Å². The van der Waals surface area contributed by atoms with Crippen LogP contribution in [0.2, 0.25) is 5.02 Å². The minimum atomic E-state index is -0.569. The van der Waals surface area contributed by atoms with Crippen LogP contribution in [-0.4, -0.2) is 29.1 Å². The normalized spacial score (nSPS) is 14.6. The molecule has 1 fully saturated rings. The zero-order valence-corrected chi connectivity index (χ0v) is 18.8. The number of halogens is 1. The lowest BCUT2D eigenvalue weighted by molar-refractivity contribution is -0.123. The van der Waals surface area contributed by atoms with Crippen LogP contribution < -0.4 is 0 Å². The highest BCUT2D eigenvalue weighted by atomic mass is 35.5. The maximum atomic E-state index is 12.8. The number of hydrogen-bond acceptors (Lipinski definition) is 7. The number of esters is 1. The SMILES string of the molecule is COC(=O)c1cc(-c2ccc(/C=C3/SC(=O)N(Cc4ccccc4C#N)C3=O)o2)ccc1Cl. The highest BCUT2D eigenvalue weighted by molar-refractivity contribution is 8.18. The smallest absolute Gasteiger partial charge is 0.339 e. The molecule has 0 radical (unpaired) electrons. The molecule has 0 N–H and O–H groups in total. The molecule has 2 aromatic carbocycles. The summed E-state index contributed by atoms with van der Waals surface area (Å²) in [7, 11) is 1.27. The molecule has 33 heavy (non-hydrogen) atoms. The van der Waals surface area contributed by atoms with Crippen LogP contribution in [0.15, 0.2) is 63.9 Å². The van der Waals surface area contributed by atoms with Crippen molar-refractivity contribution in [3.63, 3.8) is 0 Å².